The molecule has 2 amide bonds. The predicted octanol–water partition coefficient (Wildman–Crippen LogP) is 4.26. The normalized spacial score (nSPS) is 19.5. The topological polar surface area (TPSA) is 72.5 Å². The van der Waals surface area contributed by atoms with Crippen molar-refractivity contribution in [1.29, 1.82) is 0 Å². The lowest BCUT2D eigenvalue weighted by atomic mass is 9.93. The number of anilines is 1. The Morgan fingerprint density at radius 2 is 2.00 bits per heavy atom. The fraction of sp³-hybridized carbons (Fsp3) is 0.368. The molecule has 0 aliphatic heterocycles. The number of nitrogens with one attached hydrogen (secondary N) is 2. The third-order valence-electron chi connectivity index (χ3n) is 4.32. The van der Waals surface area contributed by atoms with Crippen molar-refractivity contribution in [2.45, 2.75) is 37.8 Å². The fourth-order valence-corrected chi connectivity index (χ4v) is 3.09. The van der Waals surface area contributed by atoms with Crippen LogP contribution in [0.4, 0.5) is 10.5 Å². The third kappa shape index (κ3) is 5.26. The number of benzene rings is 1. The van der Waals surface area contributed by atoms with Crippen LogP contribution in [0, 0.1) is 0 Å². The highest BCUT2D eigenvalue weighted by molar-refractivity contribution is 6.30. The lowest BCUT2D eigenvalue weighted by Gasteiger charge is -2.29. The van der Waals surface area contributed by atoms with E-state index in [1.807, 2.05) is 18.2 Å². The average Bonchev–Trinajstić information content (AvgIpc) is 2.65. The maximum Gasteiger partial charge on any atom is 0.319 e. The number of carbonyl (C=O) groups excluding carboxylic acids is 1. The van der Waals surface area contributed by atoms with Gasteiger partial charge in [-0.25, -0.2) is 9.78 Å². The van der Waals surface area contributed by atoms with Crippen molar-refractivity contribution in [2.24, 2.45) is 0 Å². The second-order valence-electron chi connectivity index (χ2n) is 6.24. The van der Waals surface area contributed by atoms with E-state index in [9.17, 15) is 4.79 Å². The fourth-order valence-electron chi connectivity index (χ4n) is 2.98. The number of hydrogen-bond donors (Lipinski definition) is 2. The summed E-state index contributed by atoms with van der Waals surface area (Å²) in [5.41, 5.74) is 0.702. The van der Waals surface area contributed by atoms with Crippen LogP contribution in [0.3, 0.4) is 0 Å². The van der Waals surface area contributed by atoms with Crippen LogP contribution < -0.4 is 20.1 Å². The zero-order valence-electron chi connectivity index (χ0n) is 14.6. The van der Waals surface area contributed by atoms with Gasteiger partial charge in [-0.15, -0.1) is 0 Å². The van der Waals surface area contributed by atoms with Crippen LogP contribution in [-0.4, -0.2) is 30.3 Å². The first kappa shape index (κ1) is 18.3. The molecule has 0 bridgehead atoms. The molecule has 138 valence electrons. The van der Waals surface area contributed by atoms with Gasteiger partial charge in [0.1, 0.15) is 11.9 Å². The zero-order valence-corrected chi connectivity index (χ0v) is 15.3. The molecule has 1 fully saturated rings. The molecule has 1 aromatic carbocycles. The number of urea groups is 1. The predicted molar refractivity (Wildman–Crippen MR) is 101 cm³/mol. The number of ether oxygens (including phenoxy) is 2. The Labute approximate surface area is 157 Å². The van der Waals surface area contributed by atoms with Crippen LogP contribution >= 0.6 is 11.6 Å². The molecule has 7 heteroatoms. The molecule has 0 spiro atoms. The van der Waals surface area contributed by atoms with Crippen molar-refractivity contribution in [3.8, 4) is 11.6 Å². The maximum absolute atomic E-state index is 12.2. The second-order valence-corrected chi connectivity index (χ2v) is 6.67. The Morgan fingerprint density at radius 3 is 2.69 bits per heavy atom. The summed E-state index contributed by atoms with van der Waals surface area (Å²) in [4.78, 5) is 16.3. The zero-order chi connectivity index (χ0) is 18.4. The molecule has 1 aliphatic rings. The molecule has 0 radical (unpaired) electrons. The number of amides is 2. The van der Waals surface area contributed by atoms with Gasteiger partial charge in [0.15, 0.2) is 0 Å². The van der Waals surface area contributed by atoms with Gasteiger partial charge in [-0.1, -0.05) is 17.7 Å². The Morgan fingerprint density at radius 1 is 1.19 bits per heavy atom. The van der Waals surface area contributed by atoms with Crippen LogP contribution in [0.25, 0.3) is 0 Å². The molecule has 1 saturated carbocycles. The van der Waals surface area contributed by atoms with Gasteiger partial charge in [0.25, 0.3) is 0 Å². The molecule has 3 rings (SSSR count). The summed E-state index contributed by atoms with van der Waals surface area (Å²) in [5, 5.41) is 6.44. The van der Waals surface area contributed by atoms with E-state index >= 15 is 0 Å². The van der Waals surface area contributed by atoms with Gasteiger partial charge in [-0.2, -0.15) is 0 Å². The molecular formula is C19H22ClN3O3. The van der Waals surface area contributed by atoms with Crippen molar-refractivity contribution in [2.75, 3.05) is 12.4 Å². The molecule has 1 aromatic heterocycles. The largest absolute Gasteiger partial charge is 0.497 e. The van der Waals surface area contributed by atoms with E-state index in [-0.39, 0.29) is 18.2 Å². The smallest absolute Gasteiger partial charge is 0.319 e. The number of rotatable bonds is 5. The van der Waals surface area contributed by atoms with E-state index in [1.54, 1.807) is 31.5 Å². The van der Waals surface area contributed by atoms with E-state index in [0.717, 1.165) is 25.7 Å². The lowest BCUT2D eigenvalue weighted by molar-refractivity contribution is 0.135. The van der Waals surface area contributed by atoms with E-state index < -0.39 is 0 Å². The number of hydrogen-bond acceptors (Lipinski definition) is 4. The van der Waals surface area contributed by atoms with Crippen molar-refractivity contribution in [3.63, 3.8) is 0 Å². The molecule has 26 heavy (non-hydrogen) atoms. The van der Waals surface area contributed by atoms with Gasteiger partial charge in [-0.3, -0.25) is 0 Å². The number of pyridine rings is 1. The first-order chi connectivity index (χ1) is 12.6. The van der Waals surface area contributed by atoms with Crippen LogP contribution in [0.5, 0.6) is 11.6 Å². The Hall–Kier alpha value is -2.47. The first-order valence-electron chi connectivity index (χ1n) is 8.62. The minimum atomic E-state index is -0.206. The molecule has 0 atom stereocenters. The van der Waals surface area contributed by atoms with E-state index in [2.05, 4.69) is 15.6 Å². The van der Waals surface area contributed by atoms with E-state index in [1.165, 1.54) is 0 Å². The summed E-state index contributed by atoms with van der Waals surface area (Å²) >= 11 is 5.83. The van der Waals surface area contributed by atoms with E-state index in [0.29, 0.717) is 22.3 Å². The number of aromatic nitrogens is 1. The molecule has 6 nitrogen and oxygen atoms in total. The van der Waals surface area contributed by atoms with Crippen LogP contribution in [-0.2, 0) is 0 Å². The molecule has 2 aromatic rings. The summed E-state index contributed by atoms with van der Waals surface area (Å²) in [7, 11) is 1.60. The van der Waals surface area contributed by atoms with Crippen LogP contribution in [0.1, 0.15) is 25.7 Å². The Balaban J connectivity index is 1.43. The monoisotopic (exact) mass is 375 g/mol. The van der Waals surface area contributed by atoms with Gasteiger partial charge < -0.3 is 20.1 Å². The minimum absolute atomic E-state index is 0.114. The Bertz CT molecular complexity index is 731. The average molecular weight is 376 g/mol. The molecule has 0 saturated heterocycles. The highest BCUT2D eigenvalue weighted by Gasteiger charge is 2.24. The highest BCUT2D eigenvalue weighted by Crippen LogP contribution is 2.24. The summed E-state index contributed by atoms with van der Waals surface area (Å²) in [6.45, 7) is 0. The van der Waals surface area contributed by atoms with Gasteiger partial charge in [-0.05, 0) is 43.9 Å². The Kier molecular flexibility index (Phi) is 6.17. The highest BCUT2D eigenvalue weighted by atomic mass is 35.5. The van der Waals surface area contributed by atoms with Crippen molar-refractivity contribution < 1.29 is 14.3 Å². The van der Waals surface area contributed by atoms with E-state index in [4.69, 9.17) is 21.1 Å². The van der Waals surface area contributed by atoms with Gasteiger partial charge in [0, 0.05) is 30.1 Å². The van der Waals surface area contributed by atoms with Crippen molar-refractivity contribution >= 4 is 23.3 Å². The summed E-state index contributed by atoms with van der Waals surface area (Å²) in [6.07, 6.45) is 5.16. The molecule has 1 heterocycles. The number of nitrogens with zero attached hydrogens (tertiary/aromatic N) is 1. The molecule has 1 aliphatic carbocycles. The first-order valence-corrected chi connectivity index (χ1v) is 9.00. The van der Waals surface area contributed by atoms with Crippen molar-refractivity contribution in [3.05, 3.63) is 47.6 Å². The molecular weight excluding hydrogens is 354 g/mol. The lowest BCUT2D eigenvalue weighted by Crippen LogP contribution is -2.41. The maximum atomic E-state index is 12.2. The summed E-state index contributed by atoms with van der Waals surface area (Å²) in [6, 6.07) is 10.7. The molecule has 0 unspecified atom stereocenters. The van der Waals surface area contributed by atoms with Gasteiger partial charge in [0.2, 0.25) is 5.88 Å². The summed E-state index contributed by atoms with van der Waals surface area (Å²) in [5.74, 6) is 1.29. The second kappa shape index (κ2) is 8.76. The summed E-state index contributed by atoms with van der Waals surface area (Å²) < 4.78 is 11.0. The quantitative estimate of drug-likeness (QED) is 0.819. The van der Waals surface area contributed by atoms with Crippen molar-refractivity contribution in [1.82, 2.24) is 10.3 Å². The third-order valence-corrected chi connectivity index (χ3v) is 4.55. The van der Waals surface area contributed by atoms with Crippen LogP contribution in [0.15, 0.2) is 42.6 Å². The number of methoxy groups -OCH3 is 1. The van der Waals surface area contributed by atoms with Crippen LogP contribution in [0.2, 0.25) is 5.02 Å². The molecule has 2 N–H and O–H groups in total. The van der Waals surface area contributed by atoms with Gasteiger partial charge >= 0.3 is 6.03 Å². The standard InChI is InChI=1S/C19H22ClN3O3/c1-25-17-4-2-3-15(11-17)23-19(24)22-14-6-8-16(9-7-14)26-18-10-5-13(20)12-21-18/h2-5,10-12,14,16H,6-9H2,1H3,(H2,22,23,24). The minimum Gasteiger partial charge on any atom is -0.497 e. The number of halogens is 1. The SMILES string of the molecule is COc1cccc(NC(=O)NC2CCC(Oc3ccc(Cl)cn3)CC2)c1. The van der Waals surface area contributed by atoms with Gasteiger partial charge in [0.05, 0.1) is 12.1 Å². The number of carbonyl (C=O) groups is 1.